The molecular weight excluding hydrogens is 310 g/mol. The van der Waals surface area contributed by atoms with Crippen LogP contribution in [0.15, 0.2) is 29.8 Å². The number of carbonyl (C=O) groups excluding carboxylic acids is 1. The van der Waals surface area contributed by atoms with E-state index in [9.17, 15) is 4.79 Å². The van der Waals surface area contributed by atoms with Crippen LogP contribution in [0.1, 0.15) is 69.8 Å². The summed E-state index contributed by atoms with van der Waals surface area (Å²) in [6.45, 7) is 0. The number of primary amides is 1. The second-order valence-corrected chi connectivity index (χ2v) is 7.59. The van der Waals surface area contributed by atoms with Gasteiger partial charge in [-0.3, -0.25) is 4.79 Å². The molecule has 25 heavy (non-hydrogen) atoms. The minimum absolute atomic E-state index is 0.205. The molecule has 0 spiro atoms. The van der Waals surface area contributed by atoms with Crippen LogP contribution in [-0.4, -0.2) is 13.0 Å². The summed E-state index contributed by atoms with van der Waals surface area (Å²) in [4.78, 5) is 12.5. The van der Waals surface area contributed by atoms with E-state index in [1.165, 1.54) is 56.9 Å². The Morgan fingerprint density at radius 3 is 1.88 bits per heavy atom. The number of rotatable bonds is 5. The lowest BCUT2D eigenvalue weighted by atomic mass is 9.73. The predicted molar refractivity (Wildman–Crippen MR) is 102 cm³/mol. The summed E-state index contributed by atoms with van der Waals surface area (Å²) in [5, 5.41) is 0. The third-order valence-corrected chi connectivity index (χ3v) is 5.98. The van der Waals surface area contributed by atoms with Crippen molar-refractivity contribution in [1.29, 1.82) is 0 Å². The number of methoxy groups -OCH3 is 1. The molecular formula is C22H31NO2. The van der Waals surface area contributed by atoms with Gasteiger partial charge in [-0.25, -0.2) is 0 Å². The summed E-state index contributed by atoms with van der Waals surface area (Å²) in [6, 6.07) is 8.21. The van der Waals surface area contributed by atoms with Crippen molar-refractivity contribution in [3.63, 3.8) is 0 Å². The molecule has 0 atom stereocenters. The van der Waals surface area contributed by atoms with Gasteiger partial charge in [0.25, 0.3) is 0 Å². The van der Waals surface area contributed by atoms with Crippen molar-refractivity contribution >= 4 is 11.5 Å². The van der Waals surface area contributed by atoms with Crippen molar-refractivity contribution < 1.29 is 9.53 Å². The second kappa shape index (κ2) is 8.55. The minimum Gasteiger partial charge on any atom is -0.497 e. The molecule has 0 radical (unpaired) electrons. The first-order chi connectivity index (χ1) is 12.2. The van der Waals surface area contributed by atoms with Crippen molar-refractivity contribution in [1.82, 2.24) is 0 Å². The highest BCUT2D eigenvalue weighted by molar-refractivity contribution is 6.01. The topological polar surface area (TPSA) is 52.3 Å². The third-order valence-electron chi connectivity index (χ3n) is 5.98. The van der Waals surface area contributed by atoms with Crippen LogP contribution in [0.5, 0.6) is 5.75 Å². The molecule has 1 aromatic carbocycles. The number of nitrogens with two attached hydrogens (primary N) is 1. The van der Waals surface area contributed by atoms with Gasteiger partial charge in [0.15, 0.2) is 0 Å². The van der Waals surface area contributed by atoms with Crippen molar-refractivity contribution in [2.75, 3.05) is 7.11 Å². The maximum Gasteiger partial charge on any atom is 0.245 e. The van der Waals surface area contributed by atoms with Crippen molar-refractivity contribution in [3.05, 3.63) is 35.4 Å². The van der Waals surface area contributed by atoms with Gasteiger partial charge in [0.2, 0.25) is 5.91 Å². The Balaban J connectivity index is 2.06. The summed E-state index contributed by atoms with van der Waals surface area (Å²) in [5.74, 6) is 1.45. The van der Waals surface area contributed by atoms with Gasteiger partial charge in [0.1, 0.15) is 5.75 Å². The highest BCUT2D eigenvalue weighted by Gasteiger charge is 2.30. The number of hydrogen-bond donors (Lipinski definition) is 1. The normalized spacial score (nSPS) is 20.8. The van der Waals surface area contributed by atoms with Gasteiger partial charge in [-0.15, -0.1) is 0 Å². The average Bonchev–Trinajstić information content (AvgIpc) is 2.67. The van der Waals surface area contributed by atoms with Gasteiger partial charge >= 0.3 is 0 Å². The van der Waals surface area contributed by atoms with E-state index in [1.54, 1.807) is 7.11 Å². The molecule has 2 aliphatic rings. The van der Waals surface area contributed by atoms with Crippen LogP contribution in [0.3, 0.4) is 0 Å². The van der Waals surface area contributed by atoms with E-state index in [1.807, 2.05) is 12.1 Å². The molecule has 1 aromatic rings. The Labute approximate surface area is 151 Å². The fourth-order valence-corrected chi connectivity index (χ4v) is 4.72. The van der Waals surface area contributed by atoms with E-state index >= 15 is 0 Å². The first-order valence-corrected chi connectivity index (χ1v) is 9.89. The van der Waals surface area contributed by atoms with Crippen LogP contribution in [-0.2, 0) is 4.79 Å². The number of benzene rings is 1. The minimum atomic E-state index is -0.205. The Kier molecular flexibility index (Phi) is 6.17. The van der Waals surface area contributed by atoms with Crippen LogP contribution >= 0.6 is 0 Å². The highest BCUT2D eigenvalue weighted by Crippen LogP contribution is 2.42. The SMILES string of the molecule is COc1ccc(C(=C(C(N)=O)C2CCCCC2)C2CCCCC2)cc1. The van der Waals surface area contributed by atoms with Crippen molar-refractivity contribution in [3.8, 4) is 5.75 Å². The molecule has 0 bridgehead atoms. The van der Waals surface area contributed by atoms with E-state index in [0.29, 0.717) is 11.8 Å². The summed E-state index contributed by atoms with van der Waals surface area (Å²) in [5.41, 5.74) is 9.27. The van der Waals surface area contributed by atoms with Gasteiger partial charge in [0, 0.05) is 5.57 Å². The fraction of sp³-hybridized carbons (Fsp3) is 0.591. The highest BCUT2D eigenvalue weighted by atomic mass is 16.5. The lowest BCUT2D eigenvalue weighted by Crippen LogP contribution is -2.26. The van der Waals surface area contributed by atoms with Gasteiger partial charge < -0.3 is 10.5 Å². The first kappa shape index (κ1) is 18.0. The first-order valence-electron chi connectivity index (χ1n) is 9.89. The number of amides is 1. The van der Waals surface area contributed by atoms with Crippen molar-refractivity contribution in [2.24, 2.45) is 17.6 Å². The number of hydrogen-bond acceptors (Lipinski definition) is 2. The molecule has 3 rings (SSSR count). The largest absolute Gasteiger partial charge is 0.497 e. The molecule has 1 amide bonds. The fourth-order valence-electron chi connectivity index (χ4n) is 4.72. The number of carbonyl (C=O) groups is 1. The molecule has 0 aromatic heterocycles. The van der Waals surface area contributed by atoms with Crippen LogP contribution in [0.2, 0.25) is 0 Å². The van der Waals surface area contributed by atoms with E-state index in [4.69, 9.17) is 10.5 Å². The molecule has 0 unspecified atom stereocenters. The van der Waals surface area contributed by atoms with Crippen LogP contribution < -0.4 is 10.5 Å². The summed E-state index contributed by atoms with van der Waals surface area (Å²) < 4.78 is 5.31. The average molecular weight is 341 g/mol. The lowest BCUT2D eigenvalue weighted by Gasteiger charge is -2.31. The van der Waals surface area contributed by atoms with E-state index < -0.39 is 0 Å². The van der Waals surface area contributed by atoms with Gasteiger partial charge in [0.05, 0.1) is 7.11 Å². The molecule has 2 N–H and O–H groups in total. The van der Waals surface area contributed by atoms with E-state index in [0.717, 1.165) is 29.7 Å². The maximum atomic E-state index is 12.5. The monoisotopic (exact) mass is 341 g/mol. The molecule has 2 saturated carbocycles. The molecule has 2 aliphatic carbocycles. The third kappa shape index (κ3) is 4.26. The Bertz CT molecular complexity index is 605. The van der Waals surface area contributed by atoms with Crippen molar-refractivity contribution in [2.45, 2.75) is 64.2 Å². The number of ether oxygens (including phenoxy) is 1. The van der Waals surface area contributed by atoms with Gasteiger partial charge in [-0.2, -0.15) is 0 Å². The Morgan fingerprint density at radius 1 is 0.880 bits per heavy atom. The van der Waals surface area contributed by atoms with Crippen LogP contribution in [0.25, 0.3) is 5.57 Å². The van der Waals surface area contributed by atoms with Gasteiger partial charge in [-0.05, 0) is 60.8 Å². The van der Waals surface area contributed by atoms with Crippen LogP contribution in [0, 0.1) is 11.8 Å². The molecule has 0 aliphatic heterocycles. The molecule has 3 heteroatoms. The Morgan fingerprint density at radius 2 is 1.40 bits per heavy atom. The van der Waals surface area contributed by atoms with Gasteiger partial charge in [-0.1, -0.05) is 50.7 Å². The summed E-state index contributed by atoms with van der Waals surface area (Å²) in [7, 11) is 1.68. The predicted octanol–water partition coefficient (Wildman–Crippen LogP) is 5.09. The Hall–Kier alpha value is -1.77. The molecule has 0 saturated heterocycles. The molecule has 0 heterocycles. The molecule has 3 nitrogen and oxygen atoms in total. The maximum absolute atomic E-state index is 12.5. The smallest absolute Gasteiger partial charge is 0.245 e. The van der Waals surface area contributed by atoms with Crippen LogP contribution in [0.4, 0.5) is 0 Å². The lowest BCUT2D eigenvalue weighted by molar-refractivity contribution is -0.115. The summed E-state index contributed by atoms with van der Waals surface area (Å²) >= 11 is 0. The zero-order chi connectivity index (χ0) is 17.6. The van der Waals surface area contributed by atoms with E-state index in [-0.39, 0.29) is 5.91 Å². The zero-order valence-electron chi connectivity index (χ0n) is 15.4. The standard InChI is InChI=1S/C22H31NO2/c1-25-19-14-12-18(13-15-19)20(16-8-4-2-5-9-16)21(22(23)24)17-10-6-3-7-11-17/h12-17H,2-11H2,1H3,(H2,23,24). The molecule has 2 fully saturated rings. The zero-order valence-corrected chi connectivity index (χ0v) is 15.4. The van der Waals surface area contributed by atoms with E-state index in [2.05, 4.69) is 12.1 Å². The molecule has 136 valence electrons. The second-order valence-electron chi connectivity index (χ2n) is 7.59. The number of allylic oxidation sites excluding steroid dienone is 1. The quantitative estimate of drug-likeness (QED) is 0.758. The summed E-state index contributed by atoms with van der Waals surface area (Å²) in [6.07, 6.45) is 12.1.